The van der Waals surface area contributed by atoms with Crippen LogP contribution in [0.1, 0.15) is 17.8 Å². The molecule has 1 aromatic carbocycles. The first kappa shape index (κ1) is 15.6. The summed E-state index contributed by atoms with van der Waals surface area (Å²) in [5.74, 6) is 2.45. The third-order valence-electron chi connectivity index (χ3n) is 4.35. The van der Waals surface area contributed by atoms with Crippen molar-refractivity contribution >= 4 is 11.5 Å². The van der Waals surface area contributed by atoms with Crippen LogP contribution in [0.3, 0.4) is 0 Å². The molecule has 5 heteroatoms. The third kappa shape index (κ3) is 3.55. The number of nitrogens with one attached hydrogen (secondary N) is 1. The minimum absolute atomic E-state index is 0.599. The van der Waals surface area contributed by atoms with Crippen LogP contribution >= 0.6 is 0 Å². The van der Waals surface area contributed by atoms with Gasteiger partial charge in [0.1, 0.15) is 11.6 Å². The number of nitrogens with zero attached hydrogens (tertiary/aromatic N) is 3. The fourth-order valence-electron chi connectivity index (χ4n) is 3.06. The van der Waals surface area contributed by atoms with Crippen LogP contribution < -0.4 is 15.0 Å². The molecule has 0 radical (unpaired) electrons. The molecule has 0 aliphatic carbocycles. The number of aromatic nitrogens is 2. The highest BCUT2D eigenvalue weighted by molar-refractivity contribution is 5.59. The maximum absolute atomic E-state index is 5.48. The number of methoxy groups -OCH3 is 1. The van der Waals surface area contributed by atoms with Crippen molar-refractivity contribution in [2.45, 2.75) is 20.3 Å². The van der Waals surface area contributed by atoms with E-state index in [2.05, 4.69) is 32.3 Å². The molecule has 5 nitrogen and oxygen atoms in total. The predicted molar refractivity (Wildman–Crippen MR) is 93.3 cm³/mol. The Morgan fingerprint density at radius 1 is 1.30 bits per heavy atom. The molecule has 0 spiro atoms. The van der Waals surface area contributed by atoms with Crippen LogP contribution in [-0.4, -0.2) is 36.7 Å². The van der Waals surface area contributed by atoms with Gasteiger partial charge in [-0.05, 0) is 38.3 Å². The molecule has 1 saturated heterocycles. The van der Waals surface area contributed by atoms with Gasteiger partial charge in [-0.15, -0.1) is 0 Å². The Labute approximate surface area is 137 Å². The van der Waals surface area contributed by atoms with Gasteiger partial charge in [-0.2, -0.15) is 0 Å². The SMILES string of the molecule is COc1ccccc1N1CCC(CNc2nc(C)cnc2C)C1. The first-order valence-electron chi connectivity index (χ1n) is 8.09. The third-order valence-corrected chi connectivity index (χ3v) is 4.35. The number of rotatable bonds is 5. The zero-order chi connectivity index (χ0) is 16.2. The topological polar surface area (TPSA) is 50.3 Å². The smallest absolute Gasteiger partial charge is 0.147 e. The number of ether oxygens (including phenoxy) is 1. The van der Waals surface area contributed by atoms with Crippen molar-refractivity contribution in [2.75, 3.05) is 37.0 Å². The molecular formula is C18H24N4O. The largest absolute Gasteiger partial charge is 0.495 e. The highest BCUT2D eigenvalue weighted by Gasteiger charge is 2.24. The lowest BCUT2D eigenvalue weighted by Crippen LogP contribution is -2.23. The molecule has 1 aromatic heterocycles. The van der Waals surface area contributed by atoms with Gasteiger partial charge in [-0.25, -0.2) is 4.98 Å². The number of anilines is 2. The van der Waals surface area contributed by atoms with Crippen molar-refractivity contribution < 1.29 is 4.74 Å². The summed E-state index contributed by atoms with van der Waals surface area (Å²) < 4.78 is 5.48. The second-order valence-electron chi connectivity index (χ2n) is 6.10. The maximum atomic E-state index is 5.48. The van der Waals surface area contributed by atoms with Crippen molar-refractivity contribution in [3.63, 3.8) is 0 Å². The second-order valence-corrected chi connectivity index (χ2v) is 6.10. The number of aryl methyl sites for hydroxylation is 2. The van der Waals surface area contributed by atoms with Crippen LogP contribution in [0.15, 0.2) is 30.5 Å². The molecule has 0 bridgehead atoms. The quantitative estimate of drug-likeness (QED) is 0.919. The summed E-state index contributed by atoms with van der Waals surface area (Å²) in [6, 6.07) is 8.23. The molecular weight excluding hydrogens is 288 g/mol. The normalized spacial score (nSPS) is 17.3. The van der Waals surface area contributed by atoms with E-state index < -0.39 is 0 Å². The number of benzene rings is 1. The lowest BCUT2D eigenvalue weighted by atomic mass is 10.1. The molecule has 23 heavy (non-hydrogen) atoms. The molecule has 1 atom stereocenters. The van der Waals surface area contributed by atoms with Gasteiger partial charge in [-0.3, -0.25) is 4.98 Å². The Hall–Kier alpha value is -2.30. The Balaban J connectivity index is 1.61. The average molecular weight is 312 g/mol. The van der Waals surface area contributed by atoms with E-state index in [4.69, 9.17) is 4.74 Å². The summed E-state index contributed by atoms with van der Waals surface area (Å²) in [6.45, 7) is 6.97. The van der Waals surface area contributed by atoms with E-state index in [9.17, 15) is 0 Å². The van der Waals surface area contributed by atoms with Gasteiger partial charge in [-0.1, -0.05) is 12.1 Å². The standard InChI is InChI=1S/C18H24N4O/c1-13-10-19-14(2)18(21-13)20-11-15-8-9-22(12-15)16-6-4-5-7-17(16)23-3/h4-7,10,15H,8-9,11-12H2,1-3H3,(H,20,21). The molecule has 1 unspecified atom stereocenters. The van der Waals surface area contributed by atoms with Crippen LogP contribution in [0.4, 0.5) is 11.5 Å². The minimum atomic E-state index is 0.599. The number of hydrogen-bond acceptors (Lipinski definition) is 5. The summed E-state index contributed by atoms with van der Waals surface area (Å²) in [7, 11) is 1.73. The maximum Gasteiger partial charge on any atom is 0.147 e. The van der Waals surface area contributed by atoms with E-state index in [1.807, 2.05) is 26.0 Å². The molecule has 1 aliphatic rings. The van der Waals surface area contributed by atoms with E-state index in [1.165, 1.54) is 12.1 Å². The van der Waals surface area contributed by atoms with Crippen LogP contribution in [0.25, 0.3) is 0 Å². The van der Waals surface area contributed by atoms with E-state index in [0.29, 0.717) is 5.92 Å². The van der Waals surface area contributed by atoms with Gasteiger partial charge in [0.05, 0.1) is 24.2 Å². The van der Waals surface area contributed by atoms with Crippen molar-refractivity contribution in [2.24, 2.45) is 5.92 Å². The lowest BCUT2D eigenvalue weighted by molar-refractivity contribution is 0.414. The van der Waals surface area contributed by atoms with Crippen LogP contribution in [0.2, 0.25) is 0 Å². The molecule has 1 aliphatic heterocycles. The van der Waals surface area contributed by atoms with E-state index >= 15 is 0 Å². The number of hydrogen-bond donors (Lipinski definition) is 1. The highest BCUT2D eigenvalue weighted by Crippen LogP contribution is 2.32. The fourth-order valence-corrected chi connectivity index (χ4v) is 3.06. The van der Waals surface area contributed by atoms with E-state index in [-0.39, 0.29) is 0 Å². The van der Waals surface area contributed by atoms with E-state index in [0.717, 1.165) is 42.6 Å². The summed E-state index contributed by atoms with van der Waals surface area (Å²) in [6.07, 6.45) is 2.98. The molecule has 0 saturated carbocycles. The van der Waals surface area contributed by atoms with Crippen molar-refractivity contribution in [3.8, 4) is 5.75 Å². The monoisotopic (exact) mass is 312 g/mol. The molecule has 1 fully saturated rings. The minimum Gasteiger partial charge on any atom is -0.495 e. The molecule has 0 amide bonds. The predicted octanol–water partition coefficient (Wildman–Crippen LogP) is 3.04. The van der Waals surface area contributed by atoms with Crippen molar-refractivity contribution in [3.05, 3.63) is 41.9 Å². The second kappa shape index (κ2) is 6.86. The van der Waals surface area contributed by atoms with Crippen LogP contribution in [-0.2, 0) is 0 Å². The molecule has 1 N–H and O–H groups in total. The number of para-hydroxylation sites is 2. The average Bonchev–Trinajstić information content (AvgIpc) is 3.04. The van der Waals surface area contributed by atoms with Gasteiger partial charge < -0.3 is 15.0 Å². The van der Waals surface area contributed by atoms with Gasteiger partial charge in [0.2, 0.25) is 0 Å². The molecule has 122 valence electrons. The van der Waals surface area contributed by atoms with Gasteiger partial charge in [0.15, 0.2) is 0 Å². The Bertz CT molecular complexity index is 674. The lowest BCUT2D eigenvalue weighted by Gasteiger charge is -2.21. The van der Waals surface area contributed by atoms with Crippen LogP contribution in [0, 0.1) is 19.8 Å². The highest BCUT2D eigenvalue weighted by atomic mass is 16.5. The van der Waals surface area contributed by atoms with Gasteiger partial charge in [0, 0.05) is 25.8 Å². The first-order chi connectivity index (χ1) is 11.2. The summed E-state index contributed by atoms with van der Waals surface area (Å²) in [5, 5.41) is 3.46. The summed E-state index contributed by atoms with van der Waals surface area (Å²) in [5.41, 5.74) is 3.08. The zero-order valence-corrected chi connectivity index (χ0v) is 14.0. The van der Waals surface area contributed by atoms with E-state index in [1.54, 1.807) is 13.3 Å². The molecule has 3 rings (SSSR count). The summed E-state index contributed by atoms with van der Waals surface area (Å²) in [4.78, 5) is 11.3. The van der Waals surface area contributed by atoms with Gasteiger partial charge >= 0.3 is 0 Å². The Morgan fingerprint density at radius 2 is 2.13 bits per heavy atom. The fraction of sp³-hybridized carbons (Fsp3) is 0.444. The zero-order valence-electron chi connectivity index (χ0n) is 14.0. The van der Waals surface area contributed by atoms with Crippen LogP contribution in [0.5, 0.6) is 5.75 Å². The summed E-state index contributed by atoms with van der Waals surface area (Å²) >= 11 is 0. The first-order valence-corrected chi connectivity index (χ1v) is 8.09. The Morgan fingerprint density at radius 3 is 2.96 bits per heavy atom. The molecule has 2 heterocycles. The van der Waals surface area contributed by atoms with Gasteiger partial charge in [0.25, 0.3) is 0 Å². The van der Waals surface area contributed by atoms with Crippen molar-refractivity contribution in [1.29, 1.82) is 0 Å². The Kier molecular flexibility index (Phi) is 4.65. The molecule has 2 aromatic rings. The van der Waals surface area contributed by atoms with Crippen molar-refractivity contribution in [1.82, 2.24) is 9.97 Å².